The highest BCUT2D eigenvalue weighted by Crippen LogP contribution is 2.31. The molecule has 0 atom stereocenters. The lowest BCUT2D eigenvalue weighted by Gasteiger charge is -2.18. The number of nitrogen functional groups attached to an aromatic ring is 1. The number of hydrogen-bond acceptors (Lipinski definition) is 6. The second kappa shape index (κ2) is 6.76. The van der Waals surface area contributed by atoms with Gasteiger partial charge in [-0.25, -0.2) is 0 Å². The first-order valence-corrected chi connectivity index (χ1v) is 7.52. The van der Waals surface area contributed by atoms with Gasteiger partial charge in [0, 0.05) is 18.0 Å². The molecule has 5 nitrogen and oxygen atoms in total. The van der Waals surface area contributed by atoms with Crippen LogP contribution in [0.4, 0.5) is 11.9 Å². The lowest BCUT2D eigenvalue weighted by atomic mass is 10.4. The van der Waals surface area contributed by atoms with Crippen molar-refractivity contribution in [1.29, 1.82) is 0 Å². The van der Waals surface area contributed by atoms with Crippen molar-refractivity contribution >= 4 is 35.3 Å². The third-order valence-corrected chi connectivity index (χ3v) is 4.09. The zero-order valence-electron chi connectivity index (χ0n) is 11.4. The van der Waals surface area contributed by atoms with Gasteiger partial charge in [-0.1, -0.05) is 23.7 Å². The summed E-state index contributed by atoms with van der Waals surface area (Å²) in [5, 5.41) is 1.22. The van der Waals surface area contributed by atoms with E-state index in [0.29, 0.717) is 16.1 Å². The Morgan fingerprint density at radius 2 is 1.85 bits per heavy atom. The molecule has 0 aliphatic heterocycles. The van der Waals surface area contributed by atoms with Crippen molar-refractivity contribution in [2.75, 3.05) is 23.7 Å². The van der Waals surface area contributed by atoms with Crippen LogP contribution in [0.15, 0.2) is 34.3 Å². The monoisotopic (exact) mass is 309 g/mol. The van der Waals surface area contributed by atoms with Gasteiger partial charge in [0.2, 0.25) is 11.9 Å². The summed E-state index contributed by atoms with van der Waals surface area (Å²) < 4.78 is 0. The maximum Gasteiger partial charge on any atom is 0.231 e. The van der Waals surface area contributed by atoms with Crippen LogP contribution in [-0.2, 0) is 0 Å². The number of hydrogen-bond donors (Lipinski definition) is 1. The first-order valence-electron chi connectivity index (χ1n) is 6.33. The largest absolute Gasteiger partial charge is 0.368 e. The average molecular weight is 310 g/mol. The van der Waals surface area contributed by atoms with Crippen molar-refractivity contribution in [2.45, 2.75) is 23.9 Å². The second-order valence-electron chi connectivity index (χ2n) is 3.98. The van der Waals surface area contributed by atoms with Gasteiger partial charge in [-0.15, -0.1) is 0 Å². The summed E-state index contributed by atoms with van der Waals surface area (Å²) in [7, 11) is 0. The standard InChI is InChI=1S/C13H16ClN5S/c1-3-19(4-2)12-16-11(15)17-13(18-12)20-10-8-6-5-7-9(10)14/h5-8H,3-4H2,1-2H3,(H2,15,16,17,18). The summed E-state index contributed by atoms with van der Waals surface area (Å²) in [6.45, 7) is 5.72. The van der Waals surface area contributed by atoms with E-state index in [9.17, 15) is 0 Å². The third kappa shape index (κ3) is 3.52. The van der Waals surface area contributed by atoms with Gasteiger partial charge >= 0.3 is 0 Å². The van der Waals surface area contributed by atoms with Crippen molar-refractivity contribution in [1.82, 2.24) is 15.0 Å². The minimum Gasteiger partial charge on any atom is -0.368 e. The number of nitrogens with two attached hydrogens (primary N) is 1. The van der Waals surface area contributed by atoms with Crippen LogP contribution in [0, 0.1) is 0 Å². The van der Waals surface area contributed by atoms with E-state index in [4.69, 9.17) is 17.3 Å². The van der Waals surface area contributed by atoms with Crippen molar-refractivity contribution in [2.24, 2.45) is 0 Å². The molecule has 2 N–H and O–H groups in total. The lowest BCUT2D eigenvalue weighted by Crippen LogP contribution is -2.25. The quantitative estimate of drug-likeness (QED) is 0.915. The van der Waals surface area contributed by atoms with Gasteiger partial charge in [0.05, 0.1) is 5.02 Å². The summed E-state index contributed by atoms with van der Waals surface area (Å²) in [4.78, 5) is 15.7. The molecule has 0 unspecified atom stereocenters. The highest BCUT2D eigenvalue weighted by atomic mass is 35.5. The number of halogens is 1. The summed E-state index contributed by atoms with van der Waals surface area (Å²) in [6.07, 6.45) is 0. The van der Waals surface area contributed by atoms with Crippen LogP contribution in [0.2, 0.25) is 5.02 Å². The van der Waals surface area contributed by atoms with E-state index in [2.05, 4.69) is 15.0 Å². The molecular weight excluding hydrogens is 294 g/mol. The Morgan fingerprint density at radius 3 is 2.50 bits per heavy atom. The van der Waals surface area contributed by atoms with Gasteiger partial charge in [0.15, 0.2) is 5.16 Å². The second-order valence-corrected chi connectivity index (χ2v) is 5.40. The molecule has 106 valence electrons. The molecule has 0 spiro atoms. The maximum absolute atomic E-state index is 6.14. The van der Waals surface area contributed by atoms with Crippen molar-refractivity contribution in [3.63, 3.8) is 0 Å². The van der Waals surface area contributed by atoms with E-state index >= 15 is 0 Å². The van der Waals surface area contributed by atoms with Crippen LogP contribution in [0.25, 0.3) is 0 Å². The molecule has 0 saturated carbocycles. The van der Waals surface area contributed by atoms with Crippen molar-refractivity contribution < 1.29 is 0 Å². The Kier molecular flexibility index (Phi) is 5.03. The molecule has 1 heterocycles. The van der Waals surface area contributed by atoms with Crippen LogP contribution in [-0.4, -0.2) is 28.0 Å². The molecule has 1 aromatic carbocycles. The molecule has 0 aliphatic carbocycles. The first-order chi connectivity index (χ1) is 9.63. The zero-order chi connectivity index (χ0) is 14.5. The van der Waals surface area contributed by atoms with Crippen molar-refractivity contribution in [3.8, 4) is 0 Å². The molecule has 2 rings (SSSR count). The topological polar surface area (TPSA) is 67.9 Å². The minimum atomic E-state index is 0.219. The SMILES string of the molecule is CCN(CC)c1nc(N)nc(Sc2ccccc2Cl)n1. The summed E-state index contributed by atoms with van der Waals surface area (Å²) >= 11 is 7.52. The molecule has 20 heavy (non-hydrogen) atoms. The van der Waals surface area contributed by atoms with Crippen LogP contribution in [0.3, 0.4) is 0 Å². The number of aromatic nitrogens is 3. The van der Waals surface area contributed by atoms with E-state index in [1.54, 1.807) is 0 Å². The fraction of sp³-hybridized carbons (Fsp3) is 0.308. The Bertz CT molecular complexity index is 589. The van der Waals surface area contributed by atoms with E-state index in [-0.39, 0.29) is 5.95 Å². The van der Waals surface area contributed by atoms with Crippen LogP contribution < -0.4 is 10.6 Å². The Morgan fingerprint density at radius 1 is 1.15 bits per heavy atom. The van der Waals surface area contributed by atoms with E-state index in [1.165, 1.54) is 11.8 Å². The number of anilines is 2. The van der Waals surface area contributed by atoms with E-state index in [0.717, 1.165) is 18.0 Å². The Labute approximate surface area is 127 Å². The van der Waals surface area contributed by atoms with Gasteiger partial charge in [-0.05, 0) is 37.7 Å². The number of benzene rings is 1. The van der Waals surface area contributed by atoms with Gasteiger partial charge in [-0.2, -0.15) is 15.0 Å². The van der Waals surface area contributed by atoms with Crippen molar-refractivity contribution in [3.05, 3.63) is 29.3 Å². The molecule has 1 aromatic heterocycles. The predicted octanol–water partition coefficient (Wildman–Crippen LogP) is 3.10. The molecule has 0 bridgehead atoms. The van der Waals surface area contributed by atoms with Crippen LogP contribution in [0.1, 0.15) is 13.8 Å². The fourth-order valence-corrected chi connectivity index (χ4v) is 2.71. The van der Waals surface area contributed by atoms with Crippen LogP contribution in [0.5, 0.6) is 0 Å². The zero-order valence-corrected chi connectivity index (χ0v) is 12.9. The van der Waals surface area contributed by atoms with Gasteiger partial charge < -0.3 is 10.6 Å². The van der Waals surface area contributed by atoms with Gasteiger partial charge in [-0.3, -0.25) is 0 Å². The summed E-state index contributed by atoms with van der Waals surface area (Å²) in [5.41, 5.74) is 5.76. The minimum absolute atomic E-state index is 0.219. The fourth-order valence-electron chi connectivity index (χ4n) is 1.68. The highest BCUT2D eigenvalue weighted by molar-refractivity contribution is 7.99. The summed E-state index contributed by atoms with van der Waals surface area (Å²) in [5.74, 6) is 0.813. The normalized spacial score (nSPS) is 10.6. The number of nitrogens with zero attached hydrogens (tertiary/aromatic N) is 4. The lowest BCUT2D eigenvalue weighted by molar-refractivity contribution is 0.787. The Balaban J connectivity index is 2.31. The molecule has 2 aromatic rings. The van der Waals surface area contributed by atoms with Gasteiger partial charge in [0.1, 0.15) is 0 Å². The smallest absolute Gasteiger partial charge is 0.231 e. The molecule has 0 aliphatic rings. The number of rotatable bonds is 5. The molecule has 0 fully saturated rings. The Hall–Kier alpha value is -1.53. The first kappa shape index (κ1) is 14.9. The molecular formula is C13H16ClN5S. The predicted molar refractivity (Wildman–Crippen MR) is 83.4 cm³/mol. The van der Waals surface area contributed by atoms with E-state index in [1.807, 2.05) is 43.0 Å². The third-order valence-electron chi connectivity index (χ3n) is 2.70. The molecule has 7 heteroatoms. The molecule has 0 radical (unpaired) electrons. The molecule has 0 saturated heterocycles. The highest BCUT2D eigenvalue weighted by Gasteiger charge is 2.11. The average Bonchev–Trinajstić information content (AvgIpc) is 2.42. The van der Waals surface area contributed by atoms with Crippen LogP contribution >= 0.6 is 23.4 Å². The van der Waals surface area contributed by atoms with Gasteiger partial charge in [0.25, 0.3) is 0 Å². The maximum atomic E-state index is 6.14. The summed E-state index contributed by atoms with van der Waals surface area (Å²) in [6, 6.07) is 7.56. The molecule has 0 amide bonds. The van der Waals surface area contributed by atoms with E-state index < -0.39 is 0 Å².